The van der Waals surface area contributed by atoms with Crippen LogP contribution in [0.2, 0.25) is 0 Å². The number of rotatable bonds is 5. The Morgan fingerprint density at radius 3 is 2.50 bits per heavy atom. The van der Waals surface area contributed by atoms with Gasteiger partial charge in [0.25, 0.3) is 0 Å². The molecule has 0 radical (unpaired) electrons. The van der Waals surface area contributed by atoms with Crippen molar-refractivity contribution in [2.75, 3.05) is 0 Å². The first kappa shape index (κ1) is 15.2. The fourth-order valence-electron chi connectivity index (χ4n) is 2.76. The van der Waals surface area contributed by atoms with E-state index in [2.05, 4.69) is 0 Å². The van der Waals surface area contributed by atoms with Crippen LogP contribution < -0.4 is 0 Å². The Kier molecular flexibility index (Phi) is 4.95. The van der Waals surface area contributed by atoms with Gasteiger partial charge in [0.05, 0.1) is 5.60 Å². The Bertz CT molecular complexity index is 504. The summed E-state index contributed by atoms with van der Waals surface area (Å²) < 4.78 is 0. The zero-order valence-corrected chi connectivity index (χ0v) is 12.2. The van der Waals surface area contributed by atoms with Crippen molar-refractivity contribution in [3.63, 3.8) is 0 Å². The minimum Gasteiger partial charge on any atom is -0.385 e. The third kappa shape index (κ3) is 3.68. The van der Waals surface area contributed by atoms with E-state index < -0.39 is 10.8 Å². The van der Waals surface area contributed by atoms with Crippen LogP contribution in [0.25, 0.3) is 0 Å². The molecule has 4 heteroatoms. The summed E-state index contributed by atoms with van der Waals surface area (Å²) in [7, 11) is 0. The number of carbonyl (C=O) groups is 2. The number of carbonyl (C=O) groups excluding carboxylic acids is 2. The molecule has 0 bridgehead atoms. The standard InChI is InChI=1S/C16H19ClO3/c17-15(19)8-7-14(18)12-5-4-6-13(11-12)16(20)9-2-1-3-10-16/h4-6,11,20H,1-3,7-10H2. The van der Waals surface area contributed by atoms with Crippen LogP contribution in [-0.2, 0) is 10.4 Å². The molecule has 0 spiro atoms. The maximum Gasteiger partial charge on any atom is 0.222 e. The van der Waals surface area contributed by atoms with E-state index in [4.69, 9.17) is 11.6 Å². The molecule has 0 heterocycles. The lowest BCUT2D eigenvalue weighted by Crippen LogP contribution is -2.28. The summed E-state index contributed by atoms with van der Waals surface area (Å²) in [5.74, 6) is -0.111. The Balaban J connectivity index is 2.15. The molecule has 1 aliphatic carbocycles. The van der Waals surface area contributed by atoms with E-state index in [0.29, 0.717) is 5.56 Å². The van der Waals surface area contributed by atoms with E-state index >= 15 is 0 Å². The molecule has 2 rings (SSSR count). The smallest absolute Gasteiger partial charge is 0.222 e. The lowest BCUT2D eigenvalue weighted by molar-refractivity contribution is -0.111. The number of aliphatic hydroxyl groups is 1. The molecule has 0 aliphatic heterocycles. The van der Waals surface area contributed by atoms with Crippen molar-refractivity contribution >= 4 is 22.6 Å². The van der Waals surface area contributed by atoms with Crippen LogP contribution in [0.4, 0.5) is 0 Å². The third-order valence-electron chi connectivity index (χ3n) is 3.95. The van der Waals surface area contributed by atoms with E-state index in [1.165, 1.54) is 0 Å². The first-order chi connectivity index (χ1) is 9.51. The third-order valence-corrected chi connectivity index (χ3v) is 4.14. The first-order valence-electron chi connectivity index (χ1n) is 7.06. The van der Waals surface area contributed by atoms with Crippen LogP contribution in [-0.4, -0.2) is 16.1 Å². The van der Waals surface area contributed by atoms with Gasteiger partial charge in [0.1, 0.15) is 0 Å². The van der Waals surface area contributed by atoms with Gasteiger partial charge >= 0.3 is 0 Å². The number of hydrogen-bond donors (Lipinski definition) is 1. The van der Waals surface area contributed by atoms with Crippen LogP contribution in [0.5, 0.6) is 0 Å². The summed E-state index contributed by atoms with van der Waals surface area (Å²) in [5, 5.41) is 10.2. The molecule has 1 saturated carbocycles. The van der Waals surface area contributed by atoms with E-state index in [0.717, 1.165) is 37.7 Å². The fraction of sp³-hybridized carbons (Fsp3) is 0.500. The predicted octanol–water partition coefficient (Wildman–Crippen LogP) is 3.57. The van der Waals surface area contributed by atoms with Gasteiger partial charge in [-0.3, -0.25) is 9.59 Å². The van der Waals surface area contributed by atoms with E-state index in [-0.39, 0.29) is 18.6 Å². The average Bonchev–Trinajstić information content (AvgIpc) is 2.45. The Labute approximate surface area is 123 Å². The molecule has 0 aromatic heterocycles. The molecule has 108 valence electrons. The van der Waals surface area contributed by atoms with Gasteiger partial charge in [0.2, 0.25) is 5.24 Å². The Morgan fingerprint density at radius 1 is 1.15 bits per heavy atom. The van der Waals surface area contributed by atoms with E-state index in [1.54, 1.807) is 18.2 Å². The molecule has 0 saturated heterocycles. The minimum absolute atomic E-state index is 0.0505. The number of hydrogen-bond acceptors (Lipinski definition) is 3. The molecule has 0 atom stereocenters. The molecule has 0 unspecified atom stereocenters. The van der Waals surface area contributed by atoms with Gasteiger partial charge < -0.3 is 5.11 Å². The van der Waals surface area contributed by atoms with E-state index in [9.17, 15) is 14.7 Å². The first-order valence-corrected chi connectivity index (χ1v) is 7.43. The zero-order chi connectivity index (χ0) is 14.6. The molecule has 0 amide bonds. The van der Waals surface area contributed by atoms with Crippen LogP contribution in [0.15, 0.2) is 24.3 Å². The zero-order valence-electron chi connectivity index (χ0n) is 11.4. The second kappa shape index (κ2) is 6.51. The number of halogens is 1. The highest BCUT2D eigenvalue weighted by Crippen LogP contribution is 2.37. The summed E-state index contributed by atoms with van der Waals surface area (Å²) in [6.07, 6.45) is 4.82. The van der Waals surface area contributed by atoms with Gasteiger partial charge in [-0.2, -0.15) is 0 Å². The van der Waals surface area contributed by atoms with Crippen molar-refractivity contribution in [1.29, 1.82) is 0 Å². The minimum atomic E-state index is -0.809. The van der Waals surface area contributed by atoms with Crippen molar-refractivity contribution < 1.29 is 14.7 Å². The number of Topliss-reactive ketones (excluding diaryl/α,β-unsaturated/α-hetero) is 1. The molecule has 1 aromatic rings. The van der Waals surface area contributed by atoms with Gasteiger partial charge in [0.15, 0.2) is 5.78 Å². The molecular weight excluding hydrogens is 276 g/mol. The van der Waals surface area contributed by atoms with Crippen molar-refractivity contribution in [1.82, 2.24) is 0 Å². The van der Waals surface area contributed by atoms with Crippen LogP contribution >= 0.6 is 11.6 Å². The molecule has 1 fully saturated rings. The highest BCUT2D eigenvalue weighted by Gasteiger charge is 2.31. The molecule has 3 nitrogen and oxygen atoms in total. The van der Waals surface area contributed by atoms with Crippen molar-refractivity contribution in [2.45, 2.75) is 50.5 Å². The lowest BCUT2D eigenvalue weighted by atomic mass is 9.79. The van der Waals surface area contributed by atoms with E-state index in [1.807, 2.05) is 6.07 Å². The number of benzene rings is 1. The maximum atomic E-state index is 12.0. The normalized spacial score (nSPS) is 17.7. The van der Waals surface area contributed by atoms with Gasteiger partial charge in [-0.1, -0.05) is 37.5 Å². The Hall–Kier alpha value is -1.19. The van der Waals surface area contributed by atoms with Crippen molar-refractivity contribution in [2.24, 2.45) is 0 Å². The van der Waals surface area contributed by atoms with Crippen LogP contribution in [0, 0.1) is 0 Å². The highest BCUT2D eigenvalue weighted by molar-refractivity contribution is 6.63. The average molecular weight is 295 g/mol. The highest BCUT2D eigenvalue weighted by atomic mass is 35.5. The maximum absolute atomic E-state index is 12.0. The summed E-state index contributed by atoms with van der Waals surface area (Å²) in [4.78, 5) is 22.7. The number of ketones is 1. The van der Waals surface area contributed by atoms with Crippen molar-refractivity contribution in [3.8, 4) is 0 Å². The molecular formula is C16H19ClO3. The Morgan fingerprint density at radius 2 is 1.85 bits per heavy atom. The van der Waals surface area contributed by atoms with Crippen LogP contribution in [0.1, 0.15) is 60.9 Å². The largest absolute Gasteiger partial charge is 0.385 e. The van der Waals surface area contributed by atoms with Crippen molar-refractivity contribution in [3.05, 3.63) is 35.4 Å². The SMILES string of the molecule is O=C(Cl)CCC(=O)c1cccc(C2(O)CCCCC2)c1. The second-order valence-corrected chi connectivity index (χ2v) is 5.87. The van der Waals surface area contributed by atoms with Gasteiger partial charge in [-0.25, -0.2) is 0 Å². The van der Waals surface area contributed by atoms with Gasteiger partial charge in [0, 0.05) is 18.4 Å². The quantitative estimate of drug-likeness (QED) is 0.667. The van der Waals surface area contributed by atoms with Gasteiger partial charge in [-0.15, -0.1) is 0 Å². The lowest BCUT2D eigenvalue weighted by Gasteiger charge is -2.32. The molecule has 20 heavy (non-hydrogen) atoms. The topological polar surface area (TPSA) is 54.4 Å². The monoisotopic (exact) mass is 294 g/mol. The summed E-state index contributed by atoms with van der Waals surface area (Å²) >= 11 is 5.25. The summed E-state index contributed by atoms with van der Waals surface area (Å²) in [6.45, 7) is 0. The predicted molar refractivity (Wildman–Crippen MR) is 77.8 cm³/mol. The fourth-order valence-corrected chi connectivity index (χ4v) is 2.86. The molecule has 1 aliphatic rings. The summed E-state index contributed by atoms with van der Waals surface area (Å²) in [6, 6.07) is 7.13. The molecule has 1 aromatic carbocycles. The summed E-state index contributed by atoms with van der Waals surface area (Å²) in [5.41, 5.74) is 0.538. The molecule has 1 N–H and O–H groups in total. The van der Waals surface area contributed by atoms with Crippen LogP contribution in [0.3, 0.4) is 0 Å². The van der Waals surface area contributed by atoms with Gasteiger partial charge in [-0.05, 0) is 36.1 Å². The second-order valence-electron chi connectivity index (χ2n) is 5.45.